The highest BCUT2D eigenvalue weighted by Gasteiger charge is 2.18. The fourth-order valence-corrected chi connectivity index (χ4v) is 2.23. The number of nitrogens with two attached hydrogens (primary N) is 1. The molecule has 0 saturated carbocycles. The van der Waals surface area contributed by atoms with Crippen LogP contribution in [0.4, 0.5) is 0 Å². The Balaban J connectivity index is 2.89. The predicted octanol–water partition coefficient (Wildman–Crippen LogP) is 4.14. The van der Waals surface area contributed by atoms with E-state index in [1.165, 1.54) is 0 Å². The summed E-state index contributed by atoms with van der Waals surface area (Å²) in [5.74, 6) is 1.91. The van der Waals surface area contributed by atoms with Crippen LogP contribution in [0.15, 0.2) is 22.7 Å². The van der Waals surface area contributed by atoms with E-state index < -0.39 is 0 Å². The standard InChI is InChI=1S/C14H22BrNO/c1-5-17-13-7-6-11(8-12(13)15)14(16)10(4)9(2)3/h6-10,14H,5,16H2,1-4H3. The quantitative estimate of drug-likeness (QED) is 0.887. The van der Waals surface area contributed by atoms with Gasteiger partial charge in [0.15, 0.2) is 0 Å². The van der Waals surface area contributed by atoms with Gasteiger partial charge in [-0.05, 0) is 52.4 Å². The molecule has 0 fully saturated rings. The molecule has 0 radical (unpaired) electrons. The first-order valence-electron chi connectivity index (χ1n) is 6.15. The minimum Gasteiger partial charge on any atom is -0.493 e. The smallest absolute Gasteiger partial charge is 0.133 e. The van der Waals surface area contributed by atoms with E-state index in [1.54, 1.807) is 0 Å². The third kappa shape index (κ3) is 3.71. The van der Waals surface area contributed by atoms with Gasteiger partial charge < -0.3 is 10.5 Å². The summed E-state index contributed by atoms with van der Waals surface area (Å²) in [6.45, 7) is 9.25. The molecule has 1 aromatic carbocycles. The van der Waals surface area contributed by atoms with E-state index in [0.717, 1.165) is 15.8 Å². The molecular formula is C14H22BrNO. The van der Waals surface area contributed by atoms with E-state index in [1.807, 2.05) is 13.0 Å². The third-order valence-corrected chi connectivity index (χ3v) is 3.88. The lowest BCUT2D eigenvalue weighted by Gasteiger charge is -2.24. The molecule has 0 amide bonds. The zero-order chi connectivity index (χ0) is 13.0. The van der Waals surface area contributed by atoms with Crippen molar-refractivity contribution in [1.29, 1.82) is 0 Å². The Morgan fingerprint density at radius 3 is 2.41 bits per heavy atom. The number of ether oxygens (including phenoxy) is 1. The Morgan fingerprint density at radius 1 is 1.29 bits per heavy atom. The van der Waals surface area contributed by atoms with Crippen molar-refractivity contribution in [2.75, 3.05) is 6.61 Å². The second kappa shape index (κ2) is 6.41. The number of halogens is 1. The van der Waals surface area contributed by atoms with Crippen LogP contribution in [-0.4, -0.2) is 6.61 Å². The first-order valence-corrected chi connectivity index (χ1v) is 6.94. The summed E-state index contributed by atoms with van der Waals surface area (Å²) in [5.41, 5.74) is 7.42. The van der Waals surface area contributed by atoms with E-state index >= 15 is 0 Å². The van der Waals surface area contributed by atoms with Gasteiger partial charge in [0.2, 0.25) is 0 Å². The number of benzene rings is 1. The molecule has 1 rings (SSSR count). The van der Waals surface area contributed by atoms with Crippen molar-refractivity contribution in [2.45, 2.75) is 33.7 Å². The van der Waals surface area contributed by atoms with Crippen LogP contribution in [0.1, 0.15) is 39.3 Å². The minimum atomic E-state index is 0.0713. The van der Waals surface area contributed by atoms with E-state index in [2.05, 4.69) is 48.8 Å². The Kier molecular flexibility index (Phi) is 5.47. The lowest BCUT2D eigenvalue weighted by molar-refractivity contribution is 0.336. The third-order valence-electron chi connectivity index (χ3n) is 3.26. The molecule has 0 aliphatic rings. The van der Waals surface area contributed by atoms with Gasteiger partial charge in [-0.15, -0.1) is 0 Å². The molecule has 0 spiro atoms. The largest absolute Gasteiger partial charge is 0.493 e. The molecule has 0 saturated heterocycles. The fourth-order valence-electron chi connectivity index (χ4n) is 1.72. The van der Waals surface area contributed by atoms with Crippen LogP contribution in [0.3, 0.4) is 0 Å². The topological polar surface area (TPSA) is 35.2 Å². The first kappa shape index (κ1) is 14.5. The monoisotopic (exact) mass is 299 g/mol. The highest BCUT2D eigenvalue weighted by atomic mass is 79.9. The minimum absolute atomic E-state index is 0.0713. The molecule has 0 aliphatic carbocycles. The van der Waals surface area contributed by atoms with Gasteiger partial charge in [-0.1, -0.05) is 26.8 Å². The molecule has 2 nitrogen and oxygen atoms in total. The highest BCUT2D eigenvalue weighted by molar-refractivity contribution is 9.10. The van der Waals surface area contributed by atoms with Crippen molar-refractivity contribution in [1.82, 2.24) is 0 Å². The van der Waals surface area contributed by atoms with Crippen LogP contribution in [0.5, 0.6) is 5.75 Å². The average molecular weight is 300 g/mol. The number of hydrogen-bond acceptors (Lipinski definition) is 2. The molecule has 17 heavy (non-hydrogen) atoms. The maximum absolute atomic E-state index is 6.27. The summed E-state index contributed by atoms with van der Waals surface area (Å²) >= 11 is 3.52. The lowest BCUT2D eigenvalue weighted by Crippen LogP contribution is -2.23. The van der Waals surface area contributed by atoms with Gasteiger partial charge in [0.05, 0.1) is 11.1 Å². The van der Waals surface area contributed by atoms with Crippen LogP contribution in [0.25, 0.3) is 0 Å². The molecule has 3 heteroatoms. The van der Waals surface area contributed by atoms with Gasteiger partial charge in [0.25, 0.3) is 0 Å². The summed E-state index contributed by atoms with van der Waals surface area (Å²) in [4.78, 5) is 0. The molecule has 0 aliphatic heterocycles. The van der Waals surface area contributed by atoms with Crippen molar-refractivity contribution < 1.29 is 4.74 Å². The Labute approximate surface area is 113 Å². The average Bonchev–Trinajstić information content (AvgIpc) is 2.30. The predicted molar refractivity (Wildman–Crippen MR) is 76.2 cm³/mol. The molecule has 96 valence electrons. The zero-order valence-corrected chi connectivity index (χ0v) is 12.6. The molecule has 2 atom stereocenters. The first-order chi connectivity index (χ1) is 7.97. The summed E-state index contributed by atoms with van der Waals surface area (Å²) < 4.78 is 6.47. The van der Waals surface area contributed by atoms with Crippen LogP contribution >= 0.6 is 15.9 Å². The molecule has 1 aromatic rings. The molecule has 0 bridgehead atoms. The molecule has 2 unspecified atom stereocenters. The number of hydrogen-bond donors (Lipinski definition) is 1. The Morgan fingerprint density at radius 2 is 1.94 bits per heavy atom. The molecule has 0 aromatic heterocycles. The summed E-state index contributed by atoms with van der Waals surface area (Å²) in [6.07, 6.45) is 0. The van der Waals surface area contributed by atoms with Crippen LogP contribution in [0.2, 0.25) is 0 Å². The zero-order valence-electron chi connectivity index (χ0n) is 11.0. The van der Waals surface area contributed by atoms with Crippen molar-refractivity contribution in [2.24, 2.45) is 17.6 Å². The summed E-state index contributed by atoms with van der Waals surface area (Å²) in [6, 6.07) is 6.17. The molecule has 0 heterocycles. The van der Waals surface area contributed by atoms with E-state index in [-0.39, 0.29) is 6.04 Å². The second-order valence-corrected chi connectivity index (χ2v) is 5.61. The van der Waals surface area contributed by atoms with Crippen LogP contribution in [0, 0.1) is 11.8 Å². The number of rotatable bonds is 5. The van der Waals surface area contributed by atoms with Gasteiger partial charge >= 0.3 is 0 Å². The SMILES string of the molecule is CCOc1ccc(C(N)C(C)C(C)C)cc1Br. The fraction of sp³-hybridized carbons (Fsp3) is 0.571. The van der Waals surface area contributed by atoms with Gasteiger partial charge in [-0.3, -0.25) is 0 Å². The van der Waals surface area contributed by atoms with Gasteiger partial charge in [-0.2, -0.15) is 0 Å². The van der Waals surface area contributed by atoms with E-state index in [9.17, 15) is 0 Å². The van der Waals surface area contributed by atoms with Crippen molar-refractivity contribution in [3.05, 3.63) is 28.2 Å². The van der Waals surface area contributed by atoms with Gasteiger partial charge in [0, 0.05) is 6.04 Å². The summed E-state index contributed by atoms with van der Waals surface area (Å²) in [5, 5.41) is 0. The van der Waals surface area contributed by atoms with E-state index in [4.69, 9.17) is 10.5 Å². The molecular weight excluding hydrogens is 278 g/mol. The van der Waals surface area contributed by atoms with Crippen LogP contribution < -0.4 is 10.5 Å². The molecule has 2 N–H and O–H groups in total. The van der Waals surface area contributed by atoms with Crippen molar-refractivity contribution in [3.63, 3.8) is 0 Å². The maximum atomic E-state index is 6.27. The Bertz CT molecular complexity index is 365. The van der Waals surface area contributed by atoms with Gasteiger partial charge in [0.1, 0.15) is 5.75 Å². The maximum Gasteiger partial charge on any atom is 0.133 e. The van der Waals surface area contributed by atoms with Gasteiger partial charge in [-0.25, -0.2) is 0 Å². The van der Waals surface area contributed by atoms with E-state index in [0.29, 0.717) is 18.4 Å². The summed E-state index contributed by atoms with van der Waals surface area (Å²) in [7, 11) is 0. The highest BCUT2D eigenvalue weighted by Crippen LogP contribution is 2.31. The normalized spacial score (nSPS) is 14.8. The Hall–Kier alpha value is -0.540. The second-order valence-electron chi connectivity index (χ2n) is 4.75. The van der Waals surface area contributed by atoms with Crippen LogP contribution in [-0.2, 0) is 0 Å². The van der Waals surface area contributed by atoms with Crippen molar-refractivity contribution in [3.8, 4) is 5.75 Å². The lowest BCUT2D eigenvalue weighted by atomic mass is 9.87. The van der Waals surface area contributed by atoms with Crippen molar-refractivity contribution >= 4 is 15.9 Å².